The summed E-state index contributed by atoms with van der Waals surface area (Å²) in [6.45, 7) is 0.0180. The van der Waals surface area contributed by atoms with E-state index in [4.69, 9.17) is 0 Å². The summed E-state index contributed by atoms with van der Waals surface area (Å²) in [5, 5.41) is 2.55. The third kappa shape index (κ3) is 3.77. The van der Waals surface area contributed by atoms with Crippen LogP contribution in [0.2, 0.25) is 0 Å². The molecular formula is C26H21F3N2O2. The number of nitrogens with zero attached hydrogens (tertiary/aromatic N) is 2. The average Bonchev–Trinajstić information content (AvgIpc) is 2.80. The summed E-state index contributed by atoms with van der Waals surface area (Å²) in [5.74, 6) is -3.45. The predicted molar refractivity (Wildman–Crippen MR) is 122 cm³/mol. The van der Waals surface area contributed by atoms with Gasteiger partial charge in [0.15, 0.2) is 0 Å². The molecule has 1 aromatic heterocycles. The lowest BCUT2D eigenvalue weighted by atomic mass is 9.94. The Morgan fingerprint density at radius 1 is 0.909 bits per heavy atom. The Bertz CT molecular complexity index is 1470. The second-order valence-electron chi connectivity index (χ2n) is 8.54. The van der Waals surface area contributed by atoms with Crippen molar-refractivity contribution in [1.82, 2.24) is 9.47 Å². The van der Waals surface area contributed by atoms with Crippen LogP contribution >= 0.6 is 0 Å². The number of aryl methyl sites for hydroxylation is 1. The number of rotatable bonds is 2. The lowest BCUT2D eigenvalue weighted by Crippen LogP contribution is -2.42. The molecule has 3 aromatic carbocycles. The summed E-state index contributed by atoms with van der Waals surface area (Å²) in [5.41, 5.74) is 1.26. The molecule has 1 fully saturated rings. The number of pyridine rings is 1. The predicted octanol–water partition coefficient (Wildman–Crippen LogP) is 5.37. The number of likely N-dealkylation sites (tertiary alicyclic amines) is 1. The molecule has 4 nitrogen and oxygen atoms in total. The molecule has 0 spiro atoms. The van der Waals surface area contributed by atoms with Crippen molar-refractivity contribution in [3.05, 3.63) is 82.5 Å². The molecule has 5 rings (SSSR count). The highest BCUT2D eigenvalue weighted by Gasteiger charge is 2.35. The van der Waals surface area contributed by atoms with Crippen molar-refractivity contribution in [3.8, 4) is 11.1 Å². The largest absolute Gasteiger partial charge is 0.338 e. The number of hydrogen-bond donors (Lipinski definition) is 0. The van der Waals surface area contributed by atoms with E-state index in [9.17, 15) is 22.8 Å². The maximum absolute atomic E-state index is 15.0. The van der Waals surface area contributed by atoms with Crippen LogP contribution in [0.15, 0.2) is 65.6 Å². The van der Waals surface area contributed by atoms with Crippen LogP contribution in [0.4, 0.5) is 13.2 Å². The molecule has 0 aliphatic carbocycles. The Labute approximate surface area is 187 Å². The molecule has 0 unspecified atom stereocenters. The zero-order chi connectivity index (χ0) is 23.3. The highest BCUT2D eigenvalue weighted by Crippen LogP contribution is 2.34. The number of alkyl halides is 2. The zero-order valence-corrected chi connectivity index (χ0v) is 17.9. The highest BCUT2D eigenvalue weighted by molar-refractivity contribution is 6.03. The van der Waals surface area contributed by atoms with Gasteiger partial charge in [0.05, 0.1) is 0 Å². The molecule has 1 saturated heterocycles. The first-order valence-electron chi connectivity index (χ1n) is 10.7. The molecule has 0 bridgehead atoms. The minimum Gasteiger partial charge on any atom is -0.338 e. The molecule has 1 aliphatic heterocycles. The zero-order valence-electron chi connectivity index (χ0n) is 17.9. The van der Waals surface area contributed by atoms with Gasteiger partial charge in [-0.1, -0.05) is 18.2 Å². The fourth-order valence-corrected chi connectivity index (χ4v) is 4.45. The first kappa shape index (κ1) is 21.2. The molecule has 7 heteroatoms. The van der Waals surface area contributed by atoms with Gasteiger partial charge in [-0.05, 0) is 58.1 Å². The van der Waals surface area contributed by atoms with Gasteiger partial charge in [0.1, 0.15) is 5.82 Å². The summed E-state index contributed by atoms with van der Waals surface area (Å²) in [6.07, 6.45) is 0.988. The van der Waals surface area contributed by atoms with Gasteiger partial charge in [0.25, 0.3) is 17.4 Å². The number of piperidine rings is 1. The monoisotopic (exact) mass is 450 g/mol. The topological polar surface area (TPSA) is 42.3 Å². The van der Waals surface area contributed by atoms with Crippen LogP contribution in [-0.4, -0.2) is 34.4 Å². The Kier molecular flexibility index (Phi) is 5.00. The van der Waals surface area contributed by atoms with Crippen molar-refractivity contribution >= 4 is 27.5 Å². The van der Waals surface area contributed by atoms with Crippen LogP contribution in [0.5, 0.6) is 0 Å². The summed E-state index contributed by atoms with van der Waals surface area (Å²) >= 11 is 0. The molecule has 0 saturated carbocycles. The van der Waals surface area contributed by atoms with Gasteiger partial charge in [-0.15, -0.1) is 0 Å². The number of carbonyl (C=O) groups excluding carboxylic acids is 1. The van der Waals surface area contributed by atoms with Gasteiger partial charge in [-0.2, -0.15) is 0 Å². The number of hydrogen-bond acceptors (Lipinski definition) is 2. The van der Waals surface area contributed by atoms with E-state index in [0.29, 0.717) is 38.2 Å². The fourth-order valence-electron chi connectivity index (χ4n) is 4.45. The van der Waals surface area contributed by atoms with Crippen LogP contribution in [0.25, 0.3) is 32.7 Å². The maximum atomic E-state index is 15.0. The highest BCUT2D eigenvalue weighted by atomic mass is 19.3. The maximum Gasteiger partial charge on any atom is 0.258 e. The number of halogens is 3. The van der Waals surface area contributed by atoms with E-state index in [-0.39, 0.29) is 37.4 Å². The van der Waals surface area contributed by atoms with Crippen molar-refractivity contribution in [2.24, 2.45) is 7.05 Å². The minimum absolute atomic E-state index is 0.00902. The van der Waals surface area contributed by atoms with Crippen LogP contribution in [0.1, 0.15) is 23.2 Å². The molecule has 2 heterocycles. The fraction of sp³-hybridized carbons (Fsp3) is 0.231. The van der Waals surface area contributed by atoms with E-state index >= 15 is 0 Å². The summed E-state index contributed by atoms with van der Waals surface area (Å²) in [6, 6.07) is 14.9. The standard InChI is InChI=1S/C26H21F3N2O2/c1-30-11-8-17-14-18(2-6-21(17)25(30)33)23-20-5-3-19(15-16(20)4-7-22(23)27)24(32)31-12-9-26(28,29)10-13-31/h2-8,11,14-15H,9-10,12-13H2,1H3. The van der Waals surface area contributed by atoms with Gasteiger partial charge in [0.2, 0.25) is 0 Å². The van der Waals surface area contributed by atoms with Gasteiger partial charge in [0, 0.05) is 55.7 Å². The normalized spacial score (nSPS) is 15.8. The molecule has 4 aromatic rings. The summed E-state index contributed by atoms with van der Waals surface area (Å²) in [7, 11) is 1.67. The molecule has 0 N–H and O–H groups in total. The second kappa shape index (κ2) is 7.76. The molecule has 0 radical (unpaired) electrons. The van der Waals surface area contributed by atoms with Crippen molar-refractivity contribution in [3.63, 3.8) is 0 Å². The van der Waals surface area contributed by atoms with Crippen molar-refractivity contribution in [2.75, 3.05) is 13.1 Å². The van der Waals surface area contributed by atoms with Crippen LogP contribution < -0.4 is 5.56 Å². The Balaban J connectivity index is 1.55. The molecule has 168 valence electrons. The van der Waals surface area contributed by atoms with Crippen molar-refractivity contribution in [2.45, 2.75) is 18.8 Å². The average molecular weight is 450 g/mol. The number of amides is 1. The van der Waals surface area contributed by atoms with E-state index in [1.165, 1.54) is 15.5 Å². The lowest BCUT2D eigenvalue weighted by Gasteiger charge is -2.31. The number of aromatic nitrogens is 1. The first-order valence-corrected chi connectivity index (χ1v) is 10.7. The van der Waals surface area contributed by atoms with Crippen LogP contribution in [0, 0.1) is 5.82 Å². The molecular weight excluding hydrogens is 429 g/mol. The third-order valence-electron chi connectivity index (χ3n) is 6.37. The van der Waals surface area contributed by atoms with E-state index in [1.807, 2.05) is 6.07 Å². The summed E-state index contributed by atoms with van der Waals surface area (Å²) in [4.78, 5) is 26.6. The quantitative estimate of drug-likeness (QED) is 0.412. The summed E-state index contributed by atoms with van der Waals surface area (Å²) < 4.78 is 43.3. The second-order valence-corrected chi connectivity index (χ2v) is 8.54. The van der Waals surface area contributed by atoms with Gasteiger partial charge < -0.3 is 9.47 Å². The third-order valence-corrected chi connectivity index (χ3v) is 6.37. The van der Waals surface area contributed by atoms with E-state index in [2.05, 4.69) is 0 Å². The van der Waals surface area contributed by atoms with Gasteiger partial charge in [-0.3, -0.25) is 9.59 Å². The Morgan fingerprint density at radius 2 is 1.61 bits per heavy atom. The van der Waals surface area contributed by atoms with Crippen LogP contribution in [-0.2, 0) is 7.05 Å². The minimum atomic E-state index is -2.73. The molecule has 1 amide bonds. The smallest absolute Gasteiger partial charge is 0.258 e. The van der Waals surface area contributed by atoms with E-state index < -0.39 is 11.7 Å². The molecule has 33 heavy (non-hydrogen) atoms. The molecule has 0 atom stereocenters. The lowest BCUT2D eigenvalue weighted by molar-refractivity contribution is -0.0494. The first-order chi connectivity index (χ1) is 15.7. The van der Waals surface area contributed by atoms with Gasteiger partial charge in [-0.25, -0.2) is 13.2 Å². The van der Waals surface area contributed by atoms with Crippen molar-refractivity contribution in [1.29, 1.82) is 0 Å². The molecule has 1 aliphatic rings. The SMILES string of the molecule is Cn1ccc2cc(-c3c(F)ccc4cc(C(=O)N5CCC(F)(F)CC5)ccc34)ccc2c1=O. The van der Waals surface area contributed by atoms with Crippen LogP contribution in [0.3, 0.4) is 0 Å². The van der Waals surface area contributed by atoms with Crippen molar-refractivity contribution < 1.29 is 18.0 Å². The number of fused-ring (bicyclic) bond motifs is 2. The number of carbonyl (C=O) groups is 1. The van der Waals surface area contributed by atoms with Gasteiger partial charge >= 0.3 is 0 Å². The Hall–Kier alpha value is -3.61. The number of benzene rings is 3. The van der Waals surface area contributed by atoms with E-state index in [0.717, 1.165) is 0 Å². The van der Waals surface area contributed by atoms with E-state index in [1.54, 1.807) is 55.7 Å². The Morgan fingerprint density at radius 3 is 2.36 bits per heavy atom.